The van der Waals surface area contributed by atoms with E-state index in [1.54, 1.807) is 0 Å². The van der Waals surface area contributed by atoms with Gasteiger partial charge in [0, 0.05) is 19.1 Å². The molecule has 0 aliphatic heterocycles. The minimum Gasteiger partial charge on any atom is -0.395 e. The molecule has 0 saturated heterocycles. The summed E-state index contributed by atoms with van der Waals surface area (Å²) in [6, 6.07) is 0.567. The average molecular weight is 681 g/mol. The molecule has 290 valence electrons. The third-order valence-corrected chi connectivity index (χ3v) is 10.9. The van der Waals surface area contributed by atoms with Gasteiger partial charge in [-0.15, -0.1) is 0 Å². The van der Waals surface area contributed by atoms with Crippen molar-refractivity contribution in [1.82, 2.24) is 9.80 Å². The molecular weight excluding hydrogens is 588 g/mol. The molecular formula is C44H92N2O2. The van der Waals surface area contributed by atoms with Crippen molar-refractivity contribution in [2.75, 3.05) is 45.9 Å². The Bertz CT molecular complexity index is 532. The lowest BCUT2D eigenvalue weighted by atomic mass is 10.0. The van der Waals surface area contributed by atoms with E-state index in [2.05, 4.69) is 30.6 Å². The van der Waals surface area contributed by atoms with Crippen molar-refractivity contribution in [3.8, 4) is 0 Å². The Kier molecular flexibility index (Phi) is 41.1. The maximum absolute atomic E-state index is 9.42. The van der Waals surface area contributed by atoms with Gasteiger partial charge in [-0.25, -0.2) is 0 Å². The normalized spacial score (nSPS) is 12.6. The van der Waals surface area contributed by atoms with Crippen molar-refractivity contribution < 1.29 is 10.2 Å². The molecule has 0 heterocycles. The number of hydrogen-bond acceptors (Lipinski definition) is 4. The van der Waals surface area contributed by atoms with Crippen LogP contribution in [0.15, 0.2) is 0 Å². The van der Waals surface area contributed by atoms with Gasteiger partial charge in [-0.3, -0.25) is 4.90 Å². The van der Waals surface area contributed by atoms with Gasteiger partial charge in [-0.1, -0.05) is 206 Å². The van der Waals surface area contributed by atoms with Crippen LogP contribution in [0.3, 0.4) is 0 Å². The molecule has 2 N–H and O–H groups in total. The molecule has 4 heteroatoms. The highest BCUT2D eigenvalue weighted by Crippen LogP contribution is 2.17. The Labute approximate surface area is 304 Å². The maximum Gasteiger partial charge on any atom is 0.0558 e. The molecule has 1 unspecified atom stereocenters. The smallest absolute Gasteiger partial charge is 0.0558 e. The van der Waals surface area contributed by atoms with E-state index in [1.165, 1.54) is 219 Å². The van der Waals surface area contributed by atoms with E-state index in [0.29, 0.717) is 19.1 Å². The van der Waals surface area contributed by atoms with Crippen molar-refractivity contribution in [2.45, 2.75) is 239 Å². The summed E-state index contributed by atoms with van der Waals surface area (Å²) in [5.74, 6) is 0. The van der Waals surface area contributed by atoms with E-state index < -0.39 is 0 Å². The molecule has 4 nitrogen and oxygen atoms in total. The van der Waals surface area contributed by atoms with E-state index in [1.807, 2.05) is 0 Å². The second kappa shape index (κ2) is 41.3. The molecule has 0 saturated carbocycles. The summed E-state index contributed by atoms with van der Waals surface area (Å²) in [6.45, 7) is 12.2. The number of rotatable bonds is 42. The molecule has 0 rings (SSSR count). The largest absolute Gasteiger partial charge is 0.395 e. The first-order chi connectivity index (χ1) is 23.7. The summed E-state index contributed by atoms with van der Waals surface area (Å²) in [4.78, 5) is 4.99. The minimum atomic E-state index is 0.177. The Morgan fingerprint density at radius 2 is 0.583 bits per heavy atom. The van der Waals surface area contributed by atoms with Crippen LogP contribution < -0.4 is 0 Å². The first kappa shape index (κ1) is 47.8. The Morgan fingerprint density at radius 1 is 0.333 bits per heavy atom. The van der Waals surface area contributed by atoms with Gasteiger partial charge in [-0.05, 0) is 45.8 Å². The lowest BCUT2D eigenvalue weighted by molar-refractivity contribution is 0.135. The molecule has 0 spiro atoms. The summed E-state index contributed by atoms with van der Waals surface area (Å²) in [5, 5.41) is 18.8. The molecule has 48 heavy (non-hydrogen) atoms. The van der Waals surface area contributed by atoms with Crippen LogP contribution in [0, 0.1) is 0 Å². The van der Waals surface area contributed by atoms with Crippen LogP contribution >= 0.6 is 0 Å². The number of unbranched alkanes of at least 4 members (excludes halogenated alkanes) is 30. The highest BCUT2D eigenvalue weighted by molar-refractivity contribution is 4.71. The van der Waals surface area contributed by atoms with Crippen LogP contribution in [0.5, 0.6) is 0 Å². The fourth-order valence-corrected chi connectivity index (χ4v) is 7.45. The zero-order valence-electron chi connectivity index (χ0n) is 33.7. The monoisotopic (exact) mass is 681 g/mol. The lowest BCUT2D eigenvalue weighted by Gasteiger charge is -2.31. The number of aliphatic hydroxyl groups excluding tert-OH is 2. The quantitative estimate of drug-likeness (QED) is 0.0630. The zero-order chi connectivity index (χ0) is 35.0. The lowest BCUT2D eigenvalue weighted by Crippen LogP contribution is -2.39. The predicted octanol–water partition coefficient (Wildman–Crippen LogP) is 12.9. The van der Waals surface area contributed by atoms with Gasteiger partial charge in [-0.2, -0.15) is 0 Å². The second-order valence-corrected chi connectivity index (χ2v) is 15.6. The molecule has 0 aliphatic rings. The van der Waals surface area contributed by atoms with Crippen molar-refractivity contribution in [1.29, 1.82) is 0 Å². The summed E-state index contributed by atoms with van der Waals surface area (Å²) in [6.07, 6.45) is 46.8. The topological polar surface area (TPSA) is 46.9 Å². The Morgan fingerprint density at radius 3 is 0.833 bits per heavy atom. The van der Waals surface area contributed by atoms with Gasteiger partial charge in [0.05, 0.1) is 13.2 Å². The van der Waals surface area contributed by atoms with Crippen molar-refractivity contribution in [2.24, 2.45) is 0 Å². The molecule has 0 aromatic rings. The fourth-order valence-electron chi connectivity index (χ4n) is 7.45. The fraction of sp³-hybridized carbons (Fsp3) is 1.00. The van der Waals surface area contributed by atoms with Gasteiger partial charge in [0.15, 0.2) is 0 Å². The van der Waals surface area contributed by atoms with E-state index in [-0.39, 0.29) is 13.2 Å². The van der Waals surface area contributed by atoms with Crippen molar-refractivity contribution >= 4 is 0 Å². The number of hydrogen-bond donors (Lipinski definition) is 2. The Balaban J connectivity index is 4.04. The summed E-state index contributed by atoms with van der Waals surface area (Å²) in [5.41, 5.74) is 0. The molecule has 0 bridgehead atoms. The molecule has 0 aromatic heterocycles. The highest BCUT2D eigenvalue weighted by Gasteiger charge is 2.15. The number of aliphatic hydroxyl groups is 2. The van der Waals surface area contributed by atoms with Crippen LogP contribution in [-0.2, 0) is 0 Å². The first-order valence-electron chi connectivity index (χ1n) is 22.4. The first-order valence-corrected chi connectivity index (χ1v) is 22.4. The van der Waals surface area contributed by atoms with Crippen LogP contribution in [0.4, 0.5) is 0 Å². The van der Waals surface area contributed by atoms with Crippen LogP contribution in [0.2, 0.25) is 0 Å². The van der Waals surface area contributed by atoms with Gasteiger partial charge < -0.3 is 15.1 Å². The highest BCUT2D eigenvalue weighted by atomic mass is 16.3. The Hall–Kier alpha value is -0.160. The third-order valence-electron chi connectivity index (χ3n) is 10.9. The molecule has 0 radical (unpaired) electrons. The molecule has 1 atom stereocenters. The third kappa shape index (κ3) is 35.7. The second-order valence-electron chi connectivity index (χ2n) is 15.6. The number of nitrogens with zero attached hydrogens (tertiary/aromatic N) is 2. The van der Waals surface area contributed by atoms with Gasteiger partial charge in [0.1, 0.15) is 0 Å². The maximum atomic E-state index is 9.42. The van der Waals surface area contributed by atoms with Gasteiger partial charge >= 0.3 is 0 Å². The SMILES string of the molecule is CCCCCCCCCCCCCCCCCCN(CCCCCCCCCCCCCCCCCC)C(C)CCN(CCO)CCO. The van der Waals surface area contributed by atoms with Crippen molar-refractivity contribution in [3.63, 3.8) is 0 Å². The average Bonchev–Trinajstić information content (AvgIpc) is 3.09. The van der Waals surface area contributed by atoms with Gasteiger partial charge in [0.2, 0.25) is 0 Å². The van der Waals surface area contributed by atoms with Crippen LogP contribution in [-0.4, -0.2) is 72.0 Å². The predicted molar refractivity (Wildman–Crippen MR) is 215 cm³/mol. The molecule has 0 aromatic carbocycles. The summed E-state index contributed by atoms with van der Waals surface area (Å²) < 4.78 is 0. The summed E-state index contributed by atoms with van der Waals surface area (Å²) in [7, 11) is 0. The minimum absolute atomic E-state index is 0.177. The van der Waals surface area contributed by atoms with Crippen molar-refractivity contribution in [3.05, 3.63) is 0 Å². The summed E-state index contributed by atoms with van der Waals surface area (Å²) >= 11 is 0. The standard InChI is InChI=1S/C44H92N2O2/c1-4-6-8-10-12-14-16-18-20-22-24-26-28-30-32-34-37-46(44(3)36-39-45(40-42-47)41-43-48)38-35-33-31-29-27-25-23-21-19-17-15-13-11-9-7-5-2/h44,47-48H,4-43H2,1-3H3. The van der Waals surface area contributed by atoms with E-state index in [0.717, 1.165) is 13.0 Å². The van der Waals surface area contributed by atoms with E-state index >= 15 is 0 Å². The van der Waals surface area contributed by atoms with Crippen LogP contribution in [0.25, 0.3) is 0 Å². The van der Waals surface area contributed by atoms with Gasteiger partial charge in [0.25, 0.3) is 0 Å². The molecule has 0 fully saturated rings. The molecule has 0 aliphatic carbocycles. The van der Waals surface area contributed by atoms with E-state index in [4.69, 9.17) is 0 Å². The molecule has 0 amide bonds. The van der Waals surface area contributed by atoms with E-state index in [9.17, 15) is 10.2 Å². The zero-order valence-corrected chi connectivity index (χ0v) is 33.7. The van der Waals surface area contributed by atoms with Crippen LogP contribution in [0.1, 0.15) is 233 Å².